The smallest absolute Gasteiger partial charge is 0.135 e. The van der Waals surface area contributed by atoms with Crippen LogP contribution in [0.5, 0.6) is 0 Å². The largest absolute Gasteiger partial charge is 0.456 e. The summed E-state index contributed by atoms with van der Waals surface area (Å²) in [6, 6.07) is 37.5. The van der Waals surface area contributed by atoms with Gasteiger partial charge in [0.25, 0.3) is 0 Å². The van der Waals surface area contributed by atoms with E-state index < -0.39 is 0 Å². The molecule has 3 heterocycles. The number of anilines is 1. The molecule has 6 aromatic rings. The van der Waals surface area contributed by atoms with Crippen LogP contribution in [0.25, 0.3) is 49.7 Å². The summed E-state index contributed by atoms with van der Waals surface area (Å²) < 4.78 is 6.24. The highest BCUT2D eigenvalue weighted by molar-refractivity contribution is 6.10. The van der Waals surface area contributed by atoms with Crippen LogP contribution < -0.4 is 20.7 Å². The van der Waals surface area contributed by atoms with Gasteiger partial charge in [0.1, 0.15) is 11.2 Å². The van der Waals surface area contributed by atoms with Crippen molar-refractivity contribution in [2.75, 3.05) is 4.90 Å². The van der Waals surface area contributed by atoms with E-state index in [9.17, 15) is 0 Å². The number of fused-ring (bicyclic) bond motifs is 12. The number of aliphatic imine (C=N–C) groups is 1. The lowest BCUT2D eigenvalue weighted by Crippen LogP contribution is -2.44. The highest BCUT2D eigenvalue weighted by Gasteiger charge is 2.44. The van der Waals surface area contributed by atoms with Gasteiger partial charge in [0, 0.05) is 50.7 Å². The summed E-state index contributed by atoms with van der Waals surface area (Å²) in [5.41, 5.74) is 14.1. The summed E-state index contributed by atoms with van der Waals surface area (Å²) in [5, 5.41) is 11.4. The van der Waals surface area contributed by atoms with E-state index in [4.69, 9.17) is 9.41 Å². The van der Waals surface area contributed by atoms with Crippen molar-refractivity contribution in [1.82, 2.24) is 5.32 Å². The molecule has 12 rings (SSSR count). The number of para-hydroxylation sites is 1. The molecule has 5 aromatic carbocycles. The molecule has 6 aliphatic rings. The lowest BCUT2D eigenvalue weighted by Gasteiger charge is -2.37. The Labute approximate surface area is 319 Å². The lowest BCUT2D eigenvalue weighted by atomic mass is 9.75. The highest BCUT2D eigenvalue weighted by Crippen LogP contribution is 2.56. The van der Waals surface area contributed by atoms with E-state index in [-0.39, 0.29) is 17.9 Å². The zero-order valence-corrected chi connectivity index (χ0v) is 30.4. The van der Waals surface area contributed by atoms with E-state index >= 15 is 0 Å². The monoisotopic (exact) mass is 707 g/mol. The Hall–Kier alpha value is -6.65. The fourth-order valence-electron chi connectivity index (χ4n) is 10.1. The molecule has 0 radical (unpaired) electrons. The molecule has 0 saturated carbocycles. The first-order chi connectivity index (χ1) is 27.2. The summed E-state index contributed by atoms with van der Waals surface area (Å²) >= 11 is 0. The lowest BCUT2D eigenvalue weighted by molar-refractivity contribution is 0.646. The number of nitrogens with one attached hydrogen (secondary N) is 1. The molecule has 0 saturated heterocycles. The standard InChI is InChI=1S/C51H37N3O/c1-30-28-40(50-49(52-41-19-9-10-20-42(41)53-50)33-24-27-46-39(29-33)37-17-8-11-21-45(37)55-46)36-16-6-7-18-38(36)51(30)54-43-25-22-31-12-2-4-14-34(31)47(43)48-35-15-5-3-13-32(35)23-26-44(48)54/h2-27,29-30,34,42,47,53H,28H2,1H3. The van der Waals surface area contributed by atoms with E-state index in [1.807, 2.05) is 12.1 Å². The van der Waals surface area contributed by atoms with Crippen molar-refractivity contribution in [3.05, 3.63) is 202 Å². The van der Waals surface area contributed by atoms with Crippen molar-refractivity contribution >= 4 is 61.1 Å². The van der Waals surface area contributed by atoms with E-state index in [1.165, 1.54) is 55.0 Å². The number of furan rings is 1. The molecule has 4 unspecified atom stereocenters. The predicted octanol–water partition coefficient (Wildman–Crippen LogP) is 10.1. The van der Waals surface area contributed by atoms with Gasteiger partial charge in [0.05, 0.1) is 28.8 Å². The van der Waals surface area contributed by atoms with Crippen molar-refractivity contribution in [2.45, 2.75) is 25.3 Å². The minimum Gasteiger partial charge on any atom is -0.456 e. The number of allylic oxidation sites excluding steroid dienone is 11. The van der Waals surface area contributed by atoms with Crippen LogP contribution in [0, 0.1) is 11.8 Å². The third-order valence-electron chi connectivity index (χ3n) is 12.5. The van der Waals surface area contributed by atoms with Gasteiger partial charge in [0.2, 0.25) is 0 Å². The van der Waals surface area contributed by atoms with Crippen LogP contribution >= 0.6 is 0 Å². The molecule has 55 heavy (non-hydrogen) atoms. The fraction of sp³-hybridized carbons (Fsp3) is 0.118. The number of benzene rings is 5. The van der Waals surface area contributed by atoms with Gasteiger partial charge in [-0.15, -0.1) is 0 Å². The van der Waals surface area contributed by atoms with E-state index in [0.717, 1.165) is 51.0 Å². The number of rotatable bonds is 3. The van der Waals surface area contributed by atoms with Crippen molar-refractivity contribution in [1.29, 1.82) is 0 Å². The highest BCUT2D eigenvalue weighted by atomic mass is 16.3. The number of hydrogen-bond donors (Lipinski definition) is 1. The fourth-order valence-corrected chi connectivity index (χ4v) is 10.1. The van der Waals surface area contributed by atoms with E-state index in [1.54, 1.807) is 0 Å². The van der Waals surface area contributed by atoms with Gasteiger partial charge in [-0.05, 0) is 81.6 Å². The van der Waals surface area contributed by atoms with Gasteiger partial charge in [-0.2, -0.15) is 0 Å². The molecule has 1 N–H and O–H groups in total. The Morgan fingerprint density at radius 1 is 0.727 bits per heavy atom. The Morgan fingerprint density at radius 3 is 2.47 bits per heavy atom. The van der Waals surface area contributed by atoms with Crippen LogP contribution in [-0.4, -0.2) is 11.8 Å². The van der Waals surface area contributed by atoms with Gasteiger partial charge in [-0.3, -0.25) is 0 Å². The Bertz CT molecular complexity index is 3080. The van der Waals surface area contributed by atoms with Gasteiger partial charge >= 0.3 is 0 Å². The molecule has 4 aliphatic carbocycles. The predicted molar refractivity (Wildman–Crippen MR) is 227 cm³/mol. The molecule has 4 heteroatoms. The summed E-state index contributed by atoms with van der Waals surface area (Å²) in [4.78, 5) is 8.08. The van der Waals surface area contributed by atoms with Crippen molar-refractivity contribution < 1.29 is 4.42 Å². The van der Waals surface area contributed by atoms with Crippen LogP contribution in [-0.2, 0) is 0 Å². The van der Waals surface area contributed by atoms with Crippen LogP contribution in [0.3, 0.4) is 0 Å². The van der Waals surface area contributed by atoms with Crippen molar-refractivity contribution in [3.8, 4) is 0 Å². The first kappa shape index (κ1) is 30.8. The average Bonchev–Trinajstić information content (AvgIpc) is 3.79. The third-order valence-corrected chi connectivity index (χ3v) is 12.5. The van der Waals surface area contributed by atoms with Crippen LogP contribution in [0.4, 0.5) is 5.69 Å². The van der Waals surface area contributed by atoms with Crippen LogP contribution in [0.2, 0.25) is 0 Å². The molecular weight excluding hydrogens is 671 g/mol. The van der Waals surface area contributed by atoms with E-state index in [2.05, 4.69) is 169 Å². The second kappa shape index (κ2) is 11.7. The second-order valence-electron chi connectivity index (χ2n) is 15.5. The number of nitrogens with zero attached hydrogens (tertiary/aromatic N) is 2. The van der Waals surface area contributed by atoms with Gasteiger partial charge in [-0.1, -0.05) is 128 Å². The molecule has 4 nitrogen and oxygen atoms in total. The maximum Gasteiger partial charge on any atom is 0.135 e. The first-order valence-corrected chi connectivity index (χ1v) is 19.5. The molecule has 0 amide bonds. The number of hydrogen-bond acceptors (Lipinski definition) is 4. The van der Waals surface area contributed by atoms with Gasteiger partial charge in [0.15, 0.2) is 0 Å². The van der Waals surface area contributed by atoms with Crippen LogP contribution in [0.1, 0.15) is 30.4 Å². The Balaban J connectivity index is 1.12. The normalized spacial score (nSPS) is 23.3. The minimum atomic E-state index is 0.00746. The topological polar surface area (TPSA) is 40.8 Å². The molecular formula is C51H37N3O. The van der Waals surface area contributed by atoms with Gasteiger partial charge in [-0.25, -0.2) is 4.99 Å². The molecule has 4 atom stereocenters. The summed E-state index contributed by atoms with van der Waals surface area (Å²) in [6.45, 7) is 2.41. The van der Waals surface area contributed by atoms with E-state index in [0.29, 0.717) is 5.92 Å². The summed E-state index contributed by atoms with van der Waals surface area (Å²) in [6.07, 6.45) is 23.3. The molecule has 2 aliphatic heterocycles. The quantitative estimate of drug-likeness (QED) is 0.199. The van der Waals surface area contributed by atoms with Crippen LogP contribution in [0.15, 0.2) is 190 Å². The molecule has 0 spiro atoms. The van der Waals surface area contributed by atoms with Gasteiger partial charge < -0.3 is 14.6 Å². The summed E-state index contributed by atoms with van der Waals surface area (Å²) in [5.74, 6) is 0.755. The zero-order chi connectivity index (χ0) is 36.2. The molecule has 0 fully saturated rings. The maximum absolute atomic E-state index is 6.24. The minimum absolute atomic E-state index is 0.00746. The average molecular weight is 708 g/mol. The van der Waals surface area contributed by atoms with Crippen molar-refractivity contribution in [3.63, 3.8) is 0 Å². The second-order valence-corrected chi connectivity index (χ2v) is 15.5. The molecule has 1 aromatic heterocycles. The van der Waals surface area contributed by atoms with Crippen molar-refractivity contribution in [2.24, 2.45) is 16.8 Å². The molecule has 0 bridgehead atoms. The first-order valence-electron chi connectivity index (χ1n) is 19.5. The third kappa shape index (κ3) is 4.49. The maximum atomic E-state index is 6.24. The zero-order valence-electron chi connectivity index (χ0n) is 30.4. The molecule has 262 valence electrons. The summed E-state index contributed by atoms with van der Waals surface area (Å²) in [7, 11) is 0. The Kier molecular flexibility index (Phi) is 6.53. The Morgan fingerprint density at radius 2 is 1.53 bits per heavy atom. The SMILES string of the molecule is CC1CC(C2=C(c3ccc4oc5ccccc5c4c3)N=C3C=CC=CC3N2)=c2ccccc2=C1N1C2=CC=C3C=CC=CC3C2c2c1ccc1ccccc21.